The van der Waals surface area contributed by atoms with E-state index in [2.05, 4.69) is 51.1 Å². The van der Waals surface area contributed by atoms with Crippen LogP contribution in [0.1, 0.15) is 19.3 Å². The monoisotopic (exact) mass is 524 g/mol. The third-order valence-corrected chi connectivity index (χ3v) is 7.27. The minimum absolute atomic E-state index is 0.171. The number of aromatic amines is 2. The third kappa shape index (κ3) is 5.58. The Balaban J connectivity index is 1.16. The van der Waals surface area contributed by atoms with Crippen molar-refractivity contribution in [2.75, 3.05) is 44.7 Å². The summed E-state index contributed by atoms with van der Waals surface area (Å²) >= 11 is 0. The van der Waals surface area contributed by atoms with Gasteiger partial charge in [0, 0.05) is 49.4 Å². The number of benzene rings is 3. The average molecular weight is 525 g/mol. The molecular formula is C30H32N6O3. The Hall–Kier alpha value is -4.37. The number of nitrogens with one attached hydrogen (secondary N) is 2. The van der Waals surface area contributed by atoms with Crippen LogP contribution in [0.25, 0.3) is 44.8 Å². The fourth-order valence-corrected chi connectivity index (χ4v) is 4.96. The summed E-state index contributed by atoms with van der Waals surface area (Å²) < 4.78 is 5.73. The van der Waals surface area contributed by atoms with Crippen molar-refractivity contribution in [2.45, 2.75) is 19.3 Å². The van der Waals surface area contributed by atoms with Crippen LogP contribution < -0.4 is 9.64 Å². The van der Waals surface area contributed by atoms with E-state index in [1.807, 2.05) is 36.4 Å². The van der Waals surface area contributed by atoms with E-state index in [1.165, 1.54) is 5.69 Å². The Morgan fingerprint density at radius 3 is 2.36 bits per heavy atom. The van der Waals surface area contributed by atoms with E-state index in [-0.39, 0.29) is 6.42 Å². The third-order valence-electron chi connectivity index (χ3n) is 7.27. The number of piperazine rings is 1. The fourth-order valence-electron chi connectivity index (χ4n) is 4.96. The number of hydrogen-bond donors (Lipinski definition) is 3. The number of carboxylic acid groups (broad SMARTS) is 1. The minimum atomic E-state index is -0.773. The van der Waals surface area contributed by atoms with Crippen molar-refractivity contribution in [1.29, 1.82) is 0 Å². The van der Waals surface area contributed by atoms with Gasteiger partial charge in [-0.15, -0.1) is 0 Å². The molecule has 3 heterocycles. The molecule has 39 heavy (non-hydrogen) atoms. The lowest BCUT2D eigenvalue weighted by molar-refractivity contribution is -0.137. The van der Waals surface area contributed by atoms with Crippen molar-refractivity contribution in [3.8, 4) is 28.5 Å². The van der Waals surface area contributed by atoms with Gasteiger partial charge in [0.15, 0.2) is 0 Å². The maximum atomic E-state index is 10.6. The van der Waals surface area contributed by atoms with Gasteiger partial charge in [0.1, 0.15) is 17.4 Å². The second-order valence-electron chi connectivity index (χ2n) is 10.1. The number of anilines is 1. The van der Waals surface area contributed by atoms with Crippen molar-refractivity contribution in [3.63, 3.8) is 0 Å². The largest absolute Gasteiger partial charge is 0.494 e. The molecular weight excluding hydrogens is 492 g/mol. The van der Waals surface area contributed by atoms with Crippen LogP contribution in [0.2, 0.25) is 0 Å². The van der Waals surface area contributed by atoms with Crippen molar-refractivity contribution < 1.29 is 14.6 Å². The average Bonchev–Trinajstić information content (AvgIpc) is 3.57. The van der Waals surface area contributed by atoms with Gasteiger partial charge in [-0.2, -0.15) is 0 Å². The number of ether oxygens (including phenoxy) is 1. The SMILES string of the molecule is CN1CCN(c2ccc3[nH]c(-c4ccc5nc(-c6ccc(OCCCCC(=O)O)cc6)[nH]c5c4)nc3c2)CC1. The van der Waals surface area contributed by atoms with E-state index < -0.39 is 5.97 Å². The molecule has 9 nitrogen and oxygen atoms in total. The van der Waals surface area contributed by atoms with Crippen LogP contribution in [0.3, 0.4) is 0 Å². The van der Waals surface area contributed by atoms with Gasteiger partial charge in [0.25, 0.3) is 0 Å². The van der Waals surface area contributed by atoms with Crippen molar-refractivity contribution in [1.82, 2.24) is 24.8 Å². The van der Waals surface area contributed by atoms with Gasteiger partial charge in [-0.25, -0.2) is 9.97 Å². The standard InChI is InChI=1S/C30H32N6O3/c1-35-13-15-36(16-14-35)22-8-12-25-27(19-22)34-30(32-25)21-7-11-24-26(18-21)33-29(31-24)20-5-9-23(10-6-20)39-17-3-2-4-28(37)38/h5-12,18-19H,2-4,13-17H2,1H3,(H,31,33)(H,32,34)(H,37,38). The van der Waals surface area contributed by atoms with Crippen LogP contribution in [-0.4, -0.2) is 75.7 Å². The van der Waals surface area contributed by atoms with Gasteiger partial charge in [-0.1, -0.05) is 0 Å². The molecule has 6 rings (SSSR count). The lowest BCUT2D eigenvalue weighted by atomic mass is 10.2. The molecule has 0 aliphatic carbocycles. The lowest BCUT2D eigenvalue weighted by Crippen LogP contribution is -2.44. The first kappa shape index (κ1) is 24.9. The van der Waals surface area contributed by atoms with E-state index in [1.54, 1.807) is 0 Å². The molecule has 0 spiro atoms. The van der Waals surface area contributed by atoms with E-state index in [0.717, 1.165) is 76.8 Å². The molecule has 3 aromatic carbocycles. The van der Waals surface area contributed by atoms with E-state index >= 15 is 0 Å². The molecule has 1 aliphatic heterocycles. The van der Waals surface area contributed by atoms with Crippen LogP contribution in [-0.2, 0) is 4.79 Å². The lowest BCUT2D eigenvalue weighted by Gasteiger charge is -2.34. The number of rotatable bonds is 9. The fraction of sp³-hybridized carbons (Fsp3) is 0.300. The highest BCUT2D eigenvalue weighted by atomic mass is 16.5. The summed E-state index contributed by atoms with van der Waals surface area (Å²) in [6.45, 7) is 4.71. The Morgan fingerprint density at radius 2 is 1.56 bits per heavy atom. The Bertz CT molecular complexity index is 1600. The van der Waals surface area contributed by atoms with Gasteiger partial charge in [0.05, 0.1) is 28.7 Å². The molecule has 0 atom stereocenters. The molecule has 1 fully saturated rings. The molecule has 0 unspecified atom stereocenters. The number of likely N-dealkylation sites (N-methyl/N-ethyl adjacent to an activating group) is 1. The summed E-state index contributed by atoms with van der Waals surface area (Å²) in [5.41, 5.74) is 7.01. The van der Waals surface area contributed by atoms with Crippen LogP contribution in [0.4, 0.5) is 5.69 Å². The van der Waals surface area contributed by atoms with Gasteiger partial charge in [0.2, 0.25) is 0 Å². The number of unbranched alkanes of at least 4 members (excludes halogenated alkanes) is 1. The molecule has 200 valence electrons. The normalized spacial score (nSPS) is 14.3. The molecule has 1 aliphatic rings. The van der Waals surface area contributed by atoms with E-state index in [4.69, 9.17) is 19.8 Å². The van der Waals surface area contributed by atoms with Crippen LogP contribution in [0.5, 0.6) is 5.75 Å². The Kier molecular flexibility index (Phi) is 6.89. The number of nitrogens with zero attached hydrogens (tertiary/aromatic N) is 4. The molecule has 2 aromatic heterocycles. The summed E-state index contributed by atoms with van der Waals surface area (Å²) in [4.78, 5) is 32.0. The molecule has 0 bridgehead atoms. The van der Waals surface area contributed by atoms with Crippen molar-refractivity contribution in [2.24, 2.45) is 0 Å². The Labute approximate surface area is 226 Å². The van der Waals surface area contributed by atoms with Crippen LogP contribution in [0, 0.1) is 0 Å². The predicted octanol–water partition coefficient (Wildman–Crippen LogP) is 5.16. The number of hydrogen-bond acceptors (Lipinski definition) is 6. The summed E-state index contributed by atoms with van der Waals surface area (Å²) in [6, 6.07) is 20.4. The maximum Gasteiger partial charge on any atom is 0.303 e. The highest BCUT2D eigenvalue weighted by Crippen LogP contribution is 2.29. The molecule has 0 radical (unpaired) electrons. The number of carboxylic acids is 1. The van der Waals surface area contributed by atoms with Crippen molar-refractivity contribution >= 4 is 33.7 Å². The van der Waals surface area contributed by atoms with Gasteiger partial charge < -0.3 is 29.6 Å². The zero-order chi connectivity index (χ0) is 26.8. The summed E-state index contributed by atoms with van der Waals surface area (Å²) in [6.07, 6.45) is 1.49. The predicted molar refractivity (Wildman–Crippen MR) is 153 cm³/mol. The number of aromatic nitrogens is 4. The van der Waals surface area contributed by atoms with Crippen LogP contribution in [0.15, 0.2) is 60.7 Å². The first-order valence-corrected chi connectivity index (χ1v) is 13.4. The molecule has 3 N–H and O–H groups in total. The van der Waals surface area contributed by atoms with E-state index in [0.29, 0.717) is 19.4 Å². The minimum Gasteiger partial charge on any atom is -0.494 e. The maximum absolute atomic E-state index is 10.6. The van der Waals surface area contributed by atoms with E-state index in [9.17, 15) is 4.79 Å². The first-order valence-electron chi connectivity index (χ1n) is 13.4. The van der Waals surface area contributed by atoms with Crippen LogP contribution >= 0.6 is 0 Å². The molecule has 0 amide bonds. The van der Waals surface area contributed by atoms with Crippen molar-refractivity contribution in [3.05, 3.63) is 60.7 Å². The molecule has 0 saturated carbocycles. The number of fused-ring (bicyclic) bond motifs is 2. The highest BCUT2D eigenvalue weighted by Gasteiger charge is 2.16. The second kappa shape index (κ2) is 10.8. The number of H-pyrrole nitrogens is 2. The summed E-state index contributed by atoms with van der Waals surface area (Å²) in [5, 5.41) is 8.72. The summed E-state index contributed by atoms with van der Waals surface area (Å²) in [5.74, 6) is 1.61. The Morgan fingerprint density at radius 1 is 0.846 bits per heavy atom. The molecule has 1 saturated heterocycles. The molecule has 5 aromatic rings. The quantitative estimate of drug-likeness (QED) is 0.229. The zero-order valence-corrected chi connectivity index (χ0v) is 22.0. The number of carbonyl (C=O) groups is 1. The summed E-state index contributed by atoms with van der Waals surface area (Å²) in [7, 11) is 2.17. The molecule has 9 heteroatoms. The number of imidazole rings is 2. The number of aliphatic carboxylic acids is 1. The second-order valence-corrected chi connectivity index (χ2v) is 10.1. The smallest absolute Gasteiger partial charge is 0.303 e. The zero-order valence-electron chi connectivity index (χ0n) is 22.0. The highest BCUT2D eigenvalue weighted by molar-refractivity contribution is 5.87. The first-order chi connectivity index (χ1) is 19.0. The van der Waals surface area contributed by atoms with Gasteiger partial charge >= 0.3 is 5.97 Å². The van der Waals surface area contributed by atoms with Gasteiger partial charge in [-0.05, 0) is 80.6 Å². The van der Waals surface area contributed by atoms with Gasteiger partial charge in [-0.3, -0.25) is 4.79 Å². The topological polar surface area (TPSA) is 110 Å².